The van der Waals surface area contributed by atoms with E-state index in [1.165, 1.54) is 5.06 Å². The molecule has 0 saturated carbocycles. The highest BCUT2D eigenvalue weighted by Crippen LogP contribution is 2.39. The van der Waals surface area contributed by atoms with Crippen molar-refractivity contribution in [2.45, 2.75) is 96.7 Å². The van der Waals surface area contributed by atoms with E-state index in [2.05, 4.69) is 33.9 Å². The average Bonchev–Trinajstić information content (AvgIpc) is 2.77. The summed E-state index contributed by atoms with van der Waals surface area (Å²) in [6.07, 6.45) is 2.29. The quantitative estimate of drug-likeness (QED) is 0.537. The second kappa shape index (κ2) is 8.58. The Bertz CT molecular complexity index is 469. The summed E-state index contributed by atoms with van der Waals surface area (Å²) in [5.74, 6) is 0. The Balaban J connectivity index is 2.82. The fraction of sp³-hybridized carbons (Fsp3) is 0.947. The maximum atomic E-state index is 12.7. The van der Waals surface area contributed by atoms with E-state index in [4.69, 9.17) is 9.16 Å². The van der Waals surface area contributed by atoms with Gasteiger partial charge >= 0.3 is 6.09 Å². The second-order valence-corrected chi connectivity index (χ2v) is 14.8. The van der Waals surface area contributed by atoms with Gasteiger partial charge in [-0.25, -0.2) is 4.79 Å². The smallest absolute Gasteiger partial charge is 0.410 e. The third-order valence-corrected chi connectivity index (χ3v) is 9.83. The molecular formula is C19H40N2O4Si. The van der Waals surface area contributed by atoms with Gasteiger partial charge in [-0.2, -0.15) is 5.06 Å². The van der Waals surface area contributed by atoms with Crippen LogP contribution in [0.2, 0.25) is 18.1 Å². The van der Waals surface area contributed by atoms with Gasteiger partial charge in [-0.3, -0.25) is 0 Å². The molecule has 1 saturated heterocycles. The van der Waals surface area contributed by atoms with Crippen LogP contribution in [0.5, 0.6) is 0 Å². The van der Waals surface area contributed by atoms with Crippen molar-refractivity contribution in [3.8, 4) is 0 Å². The summed E-state index contributed by atoms with van der Waals surface area (Å²) in [7, 11) is -0.244. The van der Waals surface area contributed by atoms with E-state index in [0.717, 1.165) is 19.3 Å². The molecule has 1 rings (SSSR count). The largest absolute Gasteiger partial charge is 0.444 e. The van der Waals surface area contributed by atoms with Gasteiger partial charge in [-0.15, -0.1) is 0 Å². The van der Waals surface area contributed by atoms with Crippen molar-refractivity contribution in [2.75, 3.05) is 20.1 Å². The van der Waals surface area contributed by atoms with Crippen molar-refractivity contribution in [3.63, 3.8) is 0 Å². The summed E-state index contributed by atoms with van der Waals surface area (Å²) in [6, 6.07) is 0.0968. The molecule has 1 aliphatic rings. The lowest BCUT2D eigenvalue weighted by Crippen LogP contribution is -2.45. The van der Waals surface area contributed by atoms with Crippen molar-refractivity contribution in [2.24, 2.45) is 0 Å². The Morgan fingerprint density at radius 1 is 1.23 bits per heavy atom. The van der Waals surface area contributed by atoms with Crippen LogP contribution >= 0.6 is 0 Å². The van der Waals surface area contributed by atoms with Gasteiger partial charge in [0.1, 0.15) is 5.60 Å². The molecule has 6 nitrogen and oxygen atoms in total. The summed E-state index contributed by atoms with van der Waals surface area (Å²) in [5, 5.41) is 10.7. The standard InChI is InChI=1S/C19H40N2O4Si/c1-18(2,3)24-17(22)21-14-16(25-26(8,9)19(4,5)6)13-15(21)11-10-12-20(7)23/h15-16,23H,10-14H2,1-9H3/t15-,16+/m0/s1. The number of nitrogens with zero attached hydrogens (tertiary/aromatic N) is 2. The number of carbonyl (C=O) groups is 1. The number of ether oxygens (including phenoxy) is 1. The van der Waals surface area contributed by atoms with E-state index < -0.39 is 13.9 Å². The van der Waals surface area contributed by atoms with Gasteiger partial charge in [0.05, 0.1) is 6.10 Å². The molecule has 0 aromatic heterocycles. The normalized spacial score (nSPS) is 22.2. The Morgan fingerprint density at radius 2 is 1.81 bits per heavy atom. The molecule has 0 unspecified atom stereocenters. The fourth-order valence-corrected chi connectivity index (χ4v) is 4.28. The third-order valence-electron chi connectivity index (χ3n) is 5.29. The molecule has 0 aromatic rings. The van der Waals surface area contributed by atoms with Crippen LogP contribution in [0.25, 0.3) is 0 Å². The molecule has 2 atom stereocenters. The summed E-state index contributed by atoms with van der Waals surface area (Å²) < 4.78 is 12.2. The van der Waals surface area contributed by atoms with Crippen molar-refractivity contribution in [3.05, 3.63) is 0 Å². The number of hydroxylamine groups is 2. The first-order valence-electron chi connectivity index (χ1n) is 9.70. The first-order chi connectivity index (χ1) is 11.6. The van der Waals surface area contributed by atoms with E-state index in [1.807, 2.05) is 25.7 Å². The van der Waals surface area contributed by atoms with Crippen LogP contribution in [-0.4, -0.2) is 67.5 Å². The average molecular weight is 389 g/mol. The summed E-state index contributed by atoms with van der Waals surface area (Å²) >= 11 is 0. The topological polar surface area (TPSA) is 62.2 Å². The van der Waals surface area contributed by atoms with Gasteiger partial charge in [0.25, 0.3) is 0 Å². The SMILES string of the molecule is CN(O)CCC[C@H]1C[C@@H](O[Si](C)(C)C(C)(C)C)CN1C(=O)OC(C)(C)C. The highest BCUT2D eigenvalue weighted by atomic mass is 28.4. The number of likely N-dealkylation sites (tertiary alicyclic amines) is 1. The van der Waals surface area contributed by atoms with Gasteiger partial charge in [-0.05, 0) is 58.2 Å². The maximum Gasteiger partial charge on any atom is 0.410 e. The van der Waals surface area contributed by atoms with Crippen LogP contribution in [0.3, 0.4) is 0 Å². The molecule has 0 bridgehead atoms. The summed E-state index contributed by atoms with van der Waals surface area (Å²) in [4.78, 5) is 14.5. The van der Waals surface area contributed by atoms with Crippen LogP contribution in [0, 0.1) is 0 Å². The zero-order valence-corrected chi connectivity index (χ0v) is 19.3. The molecule has 0 aliphatic carbocycles. The minimum Gasteiger partial charge on any atom is -0.444 e. The molecule has 1 heterocycles. The van der Waals surface area contributed by atoms with Crippen molar-refractivity contribution in [1.29, 1.82) is 0 Å². The molecule has 1 fully saturated rings. The van der Waals surface area contributed by atoms with Gasteiger partial charge < -0.3 is 19.3 Å². The van der Waals surface area contributed by atoms with E-state index in [-0.39, 0.29) is 23.3 Å². The minimum atomic E-state index is -1.89. The Kier molecular flexibility index (Phi) is 7.73. The molecule has 1 N–H and O–H groups in total. The molecule has 154 valence electrons. The Hall–Kier alpha value is -0.633. The third kappa shape index (κ3) is 7.17. The first kappa shape index (κ1) is 23.4. The summed E-state index contributed by atoms with van der Waals surface area (Å²) in [6.45, 7) is 18.0. The fourth-order valence-electron chi connectivity index (χ4n) is 2.93. The highest BCUT2D eigenvalue weighted by Gasteiger charge is 2.44. The molecule has 0 radical (unpaired) electrons. The first-order valence-corrected chi connectivity index (χ1v) is 12.6. The van der Waals surface area contributed by atoms with Crippen molar-refractivity contribution >= 4 is 14.4 Å². The molecular weight excluding hydrogens is 348 g/mol. The van der Waals surface area contributed by atoms with Crippen LogP contribution < -0.4 is 0 Å². The van der Waals surface area contributed by atoms with Gasteiger partial charge in [0, 0.05) is 26.2 Å². The predicted octanol–water partition coefficient (Wildman–Crippen LogP) is 4.49. The van der Waals surface area contributed by atoms with Crippen molar-refractivity contribution < 1.29 is 19.2 Å². The van der Waals surface area contributed by atoms with Gasteiger partial charge in [0.2, 0.25) is 0 Å². The second-order valence-electron chi connectivity index (χ2n) is 10.0. The predicted molar refractivity (Wildman–Crippen MR) is 107 cm³/mol. The van der Waals surface area contributed by atoms with E-state index >= 15 is 0 Å². The number of amides is 1. The number of rotatable bonds is 6. The molecule has 7 heteroatoms. The molecule has 26 heavy (non-hydrogen) atoms. The molecule has 1 amide bonds. The summed E-state index contributed by atoms with van der Waals surface area (Å²) in [5.41, 5.74) is -0.509. The van der Waals surface area contributed by atoms with E-state index in [0.29, 0.717) is 13.1 Å². The van der Waals surface area contributed by atoms with Crippen molar-refractivity contribution in [1.82, 2.24) is 9.96 Å². The monoisotopic (exact) mass is 388 g/mol. The van der Waals surface area contributed by atoms with Crippen LogP contribution in [0.15, 0.2) is 0 Å². The zero-order chi connectivity index (χ0) is 20.3. The maximum absolute atomic E-state index is 12.7. The zero-order valence-electron chi connectivity index (χ0n) is 18.3. The minimum absolute atomic E-state index is 0.0558. The lowest BCUT2D eigenvalue weighted by molar-refractivity contribution is -0.0663. The van der Waals surface area contributed by atoms with E-state index in [1.54, 1.807) is 7.05 Å². The lowest BCUT2D eigenvalue weighted by atomic mass is 10.1. The highest BCUT2D eigenvalue weighted by molar-refractivity contribution is 6.74. The van der Waals surface area contributed by atoms with Crippen LogP contribution in [0.1, 0.15) is 60.8 Å². The van der Waals surface area contributed by atoms with Gasteiger partial charge in [-0.1, -0.05) is 20.8 Å². The van der Waals surface area contributed by atoms with E-state index in [9.17, 15) is 10.0 Å². The van der Waals surface area contributed by atoms with Crippen LogP contribution in [-0.2, 0) is 9.16 Å². The number of hydrogen-bond donors (Lipinski definition) is 1. The van der Waals surface area contributed by atoms with Gasteiger partial charge in [0.15, 0.2) is 8.32 Å². The number of hydrogen-bond acceptors (Lipinski definition) is 5. The molecule has 0 spiro atoms. The molecule has 1 aliphatic heterocycles. The molecule has 0 aromatic carbocycles. The Morgan fingerprint density at radius 3 is 2.27 bits per heavy atom. The van der Waals surface area contributed by atoms with Crippen LogP contribution in [0.4, 0.5) is 4.79 Å². The lowest BCUT2D eigenvalue weighted by Gasteiger charge is -2.38. The Labute approximate surface area is 160 Å². The number of carbonyl (C=O) groups excluding carboxylic acids is 1.